The highest BCUT2D eigenvalue weighted by molar-refractivity contribution is 5.76. The van der Waals surface area contributed by atoms with Gasteiger partial charge in [-0.3, -0.25) is 4.79 Å². The van der Waals surface area contributed by atoms with Gasteiger partial charge in [-0.25, -0.2) is 0 Å². The number of carbonyl (C=O) groups excluding carboxylic acids is 1. The molecule has 96 valence electrons. The van der Waals surface area contributed by atoms with Crippen LogP contribution in [0.1, 0.15) is 31.2 Å². The van der Waals surface area contributed by atoms with E-state index in [1.807, 2.05) is 6.07 Å². The summed E-state index contributed by atoms with van der Waals surface area (Å²) < 4.78 is 0. The van der Waals surface area contributed by atoms with E-state index in [4.69, 9.17) is 0 Å². The van der Waals surface area contributed by atoms with Crippen LogP contribution in [-0.2, 0) is 11.2 Å². The van der Waals surface area contributed by atoms with Crippen molar-refractivity contribution in [2.75, 3.05) is 6.54 Å². The predicted molar refractivity (Wildman–Crippen MR) is 74.3 cm³/mol. The van der Waals surface area contributed by atoms with Crippen LogP contribution in [0.15, 0.2) is 42.5 Å². The number of rotatable bonds is 6. The van der Waals surface area contributed by atoms with Gasteiger partial charge in [0.2, 0.25) is 5.91 Å². The summed E-state index contributed by atoms with van der Waals surface area (Å²) in [6.07, 6.45) is 9.31. The van der Waals surface area contributed by atoms with Gasteiger partial charge in [-0.05, 0) is 37.2 Å². The number of carbonyl (C=O) groups is 1. The van der Waals surface area contributed by atoms with E-state index >= 15 is 0 Å². The molecule has 1 aliphatic rings. The first-order valence-electron chi connectivity index (χ1n) is 6.82. The lowest BCUT2D eigenvalue weighted by atomic mass is 10.0. The Kier molecular flexibility index (Phi) is 5.00. The number of allylic oxidation sites excluding steroid dienone is 2. The van der Waals surface area contributed by atoms with Gasteiger partial charge in [-0.2, -0.15) is 0 Å². The normalized spacial score (nSPS) is 17.9. The maximum atomic E-state index is 11.7. The van der Waals surface area contributed by atoms with Crippen LogP contribution < -0.4 is 5.32 Å². The second-order valence-corrected chi connectivity index (χ2v) is 4.91. The lowest BCUT2D eigenvalue weighted by Gasteiger charge is -2.08. The zero-order valence-electron chi connectivity index (χ0n) is 10.8. The number of aryl methyl sites for hydroxylation is 1. The smallest absolute Gasteiger partial charge is 0.220 e. The summed E-state index contributed by atoms with van der Waals surface area (Å²) in [4.78, 5) is 11.7. The highest BCUT2D eigenvalue weighted by Gasteiger charge is 2.13. The summed E-state index contributed by atoms with van der Waals surface area (Å²) in [6.45, 7) is 0.782. The standard InChI is InChI=1S/C16H21NO/c18-16(13-15-9-4-5-10-15)17-12-6-11-14-7-2-1-3-8-14/h1-4,7-9,15H,5-6,10-13H2,(H,17,18). The van der Waals surface area contributed by atoms with Crippen LogP contribution in [0.2, 0.25) is 0 Å². The number of amides is 1. The van der Waals surface area contributed by atoms with Crippen molar-refractivity contribution in [3.05, 3.63) is 48.0 Å². The zero-order valence-corrected chi connectivity index (χ0v) is 10.8. The van der Waals surface area contributed by atoms with E-state index in [2.05, 4.69) is 41.7 Å². The molecule has 0 heterocycles. The Morgan fingerprint density at radius 2 is 2.11 bits per heavy atom. The molecule has 1 unspecified atom stereocenters. The first-order valence-corrected chi connectivity index (χ1v) is 6.82. The van der Waals surface area contributed by atoms with Crippen molar-refractivity contribution in [2.45, 2.75) is 32.1 Å². The average Bonchev–Trinajstić information content (AvgIpc) is 2.89. The molecule has 1 aromatic rings. The minimum absolute atomic E-state index is 0.194. The molecule has 1 atom stereocenters. The molecule has 0 bridgehead atoms. The molecule has 0 fully saturated rings. The van der Waals surface area contributed by atoms with E-state index in [9.17, 15) is 4.79 Å². The molecule has 0 aromatic heterocycles. The average molecular weight is 243 g/mol. The number of nitrogens with one attached hydrogen (secondary N) is 1. The minimum atomic E-state index is 0.194. The van der Waals surface area contributed by atoms with E-state index in [-0.39, 0.29) is 5.91 Å². The van der Waals surface area contributed by atoms with Crippen molar-refractivity contribution in [2.24, 2.45) is 5.92 Å². The molecule has 0 saturated carbocycles. The Bertz CT molecular complexity index is 397. The fourth-order valence-corrected chi connectivity index (χ4v) is 2.34. The molecule has 2 nitrogen and oxygen atoms in total. The molecular weight excluding hydrogens is 222 g/mol. The van der Waals surface area contributed by atoms with Crippen LogP contribution in [0.5, 0.6) is 0 Å². The molecular formula is C16H21NO. The SMILES string of the molecule is O=C(CC1C=CCC1)NCCCc1ccccc1. The van der Waals surface area contributed by atoms with Crippen LogP contribution in [0.4, 0.5) is 0 Å². The monoisotopic (exact) mass is 243 g/mol. The first kappa shape index (κ1) is 12.9. The van der Waals surface area contributed by atoms with E-state index in [1.54, 1.807) is 0 Å². The molecule has 0 saturated heterocycles. The third-order valence-electron chi connectivity index (χ3n) is 3.37. The molecule has 0 spiro atoms. The molecule has 0 radical (unpaired) electrons. The lowest BCUT2D eigenvalue weighted by Crippen LogP contribution is -2.26. The lowest BCUT2D eigenvalue weighted by molar-refractivity contribution is -0.121. The van der Waals surface area contributed by atoms with Gasteiger partial charge in [0.1, 0.15) is 0 Å². The fraction of sp³-hybridized carbons (Fsp3) is 0.438. The molecule has 2 rings (SSSR count). The Morgan fingerprint density at radius 1 is 1.28 bits per heavy atom. The Morgan fingerprint density at radius 3 is 2.83 bits per heavy atom. The van der Waals surface area contributed by atoms with Gasteiger partial charge in [0, 0.05) is 13.0 Å². The third-order valence-corrected chi connectivity index (χ3v) is 3.37. The van der Waals surface area contributed by atoms with Crippen molar-refractivity contribution in [1.29, 1.82) is 0 Å². The van der Waals surface area contributed by atoms with Crippen LogP contribution in [0, 0.1) is 5.92 Å². The molecule has 1 amide bonds. The van der Waals surface area contributed by atoms with E-state index in [1.165, 1.54) is 5.56 Å². The quantitative estimate of drug-likeness (QED) is 0.603. The maximum Gasteiger partial charge on any atom is 0.220 e. The van der Waals surface area contributed by atoms with Crippen molar-refractivity contribution in [1.82, 2.24) is 5.32 Å². The number of hydrogen-bond acceptors (Lipinski definition) is 1. The Labute approximate surface area is 109 Å². The van der Waals surface area contributed by atoms with Gasteiger partial charge in [-0.15, -0.1) is 0 Å². The van der Waals surface area contributed by atoms with E-state index in [0.29, 0.717) is 12.3 Å². The maximum absolute atomic E-state index is 11.7. The van der Waals surface area contributed by atoms with Crippen molar-refractivity contribution in [3.8, 4) is 0 Å². The van der Waals surface area contributed by atoms with Gasteiger partial charge in [0.25, 0.3) is 0 Å². The largest absolute Gasteiger partial charge is 0.356 e. The molecule has 1 aromatic carbocycles. The van der Waals surface area contributed by atoms with Crippen LogP contribution >= 0.6 is 0 Å². The number of benzene rings is 1. The summed E-state index contributed by atoms with van der Waals surface area (Å²) in [6, 6.07) is 10.4. The van der Waals surface area contributed by atoms with E-state index in [0.717, 1.165) is 32.2 Å². The molecule has 2 heteroatoms. The van der Waals surface area contributed by atoms with Crippen LogP contribution in [0.25, 0.3) is 0 Å². The minimum Gasteiger partial charge on any atom is -0.356 e. The third kappa shape index (κ3) is 4.36. The van der Waals surface area contributed by atoms with Crippen LogP contribution in [0.3, 0.4) is 0 Å². The summed E-state index contributed by atoms with van der Waals surface area (Å²) >= 11 is 0. The highest BCUT2D eigenvalue weighted by atomic mass is 16.1. The Balaban J connectivity index is 1.57. The molecule has 18 heavy (non-hydrogen) atoms. The highest BCUT2D eigenvalue weighted by Crippen LogP contribution is 2.19. The van der Waals surface area contributed by atoms with E-state index < -0.39 is 0 Å². The summed E-state index contributed by atoms with van der Waals surface area (Å²) in [7, 11) is 0. The van der Waals surface area contributed by atoms with Gasteiger partial charge >= 0.3 is 0 Å². The van der Waals surface area contributed by atoms with Crippen molar-refractivity contribution in [3.63, 3.8) is 0 Å². The zero-order chi connectivity index (χ0) is 12.6. The molecule has 1 N–H and O–H groups in total. The topological polar surface area (TPSA) is 29.1 Å². The number of hydrogen-bond donors (Lipinski definition) is 1. The van der Waals surface area contributed by atoms with Crippen molar-refractivity contribution < 1.29 is 4.79 Å². The second kappa shape index (κ2) is 7.00. The second-order valence-electron chi connectivity index (χ2n) is 4.91. The predicted octanol–water partition coefficient (Wildman–Crippen LogP) is 3.09. The van der Waals surface area contributed by atoms with Gasteiger partial charge in [0.05, 0.1) is 0 Å². The summed E-state index contributed by atoms with van der Waals surface area (Å²) in [5, 5.41) is 3.01. The van der Waals surface area contributed by atoms with Gasteiger partial charge in [0.15, 0.2) is 0 Å². The fourth-order valence-electron chi connectivity index (χ4n) is 2.34. The Hall–Kier alpha value is -1.57. The van der Waals surface area contributed by atoms with Gasteiger partial charge < -0.3 is 5.32 Å². The summed E-state index contributed by atoms with van der Waals surface area (Å²) in [5.74, 6) is 0.665. The van der Waals surface area contributed by atoms with Crippen LogP contribution in [-0.4, -0.2) is 12.5 Å². The van der Waals surface area contributed by atoms with Crippen molar-refractivity contribution >= 4 is 5.91 Å². The summed E-state index contributed by atoms with van der Waals surface area (Å²) in [5.41, 5.74) is 1.34. The molecule has 0 aliphatic heterocycles. The molecule has 1 aliphatic carbocycles. The first-order chi connectivity index (χ1) is 8.84. The van der Waals surface area contributed by atoms with Gasteiger partial charge in [-0.1, -0.05) is 42.5 Å².